The van der Waals surface area contributed by atoms with E-state index in [-0.39, 0.29) is 47.1 Å². The van der Waals surface area contributed by atoms with Gasteiger partial charge >= 0.3 is 0 Å². The van der Waals surface area contributed by atoms with Crippen molar-refractivity contribution in [3.63, 3.8) is 0 Å². The van der Waals surface area contributed by atoms with Crippen LogP contribution in [0.5, 0.6) is 0 Å². The van der Waals surface area contributed by atoms with E-state index in [4.69, 9.17) is 0 Å². The molecule has 0 N–H and O–H groups in total. The third-order valence-corrected chi connectivity index (χ3v) is 9.36. The fourth-order valence-electron chi connectivity index (χ4n) is 6.87. The van der Waals surface area contributed by atoms with E-state index < -0.39 is 0 Å². The standard InChI is InChI=1S/C32H44O3/c1-18(2)30(33)32(35)29-16-20(4)26-15-21(5)27(17-28(26)29)31(34)25-13-11-24(12-14-25)22(6)23-9-7-19(3)8-10-23/h7,9-10,15,17-22,24-25,27,29H,8,11-14,16H2,1-6H3. The minimum absolute atomic E-state index is 0.110. The number of ketones is 3. The molecule has 4 rings (SSSR count). The summed E-state index contributed by atoms with van der Waals surface area (Å²) < 4.78 is 0. The van der Waals surface area contributed by atoms with Crippen molar-refractivity contribution in [1.29, 1.82) is 0 Å². The van der Waals surface area contributed by atoms with Gasteiger partial charge in [-0.05, 0) is 84.8 Å². The number of allylic oxidation sites excluding steroid dienone is 8. The van der Waals surface area contributed by atoms with Gasteiger partial charge in [0.15, 0.2) is 0 Å². The van der Waals surface area contributed by atoms with Crippen LogP contribution in [-0.2, 0) is 14.4 Å². The summed E-state index contributed by atoms with van der Waals surface area (Å²) in [6, 6.07) is 0. The first-order chi connectivity index (χ1) is 16.6. The van der Waals surface area contributed by atoms with Crippen LogP contribution in [0.1, 0.15) is 80.1 Å². The van der Waals surface area contributed by atoms with E-state index in [9.17, 15) is 14.4 Å². The van der Waals surface area contributed by atoms with Gasteiger partial charge in [-0.15, -0.1) is 0 Å². The predicted octanol–water partition coefficient (Wildman–Crippen LogP) is 7.09. The summed E-state index contributed by atoms with van der Waals surface area (Å²) in [5.41, 5.74) is 3.64. The molecule has 0 saturated heterocycles. The zero-order chi connectivity index (χ0) is 25.4. The van der Waals surface area contributed by atoms with Gasteiger partial charge in [0.2, 0.25) is 11.6 Å². The Hall–Kier alpha value is -2.03. The molecular formula is C32H44O3. The summed E-state index contributed by atoms with van der Waals surface area (Å²) >= 11 is 0. The second kappa shape index (κ2) is 10.5. The summed E-state index contributed by atoms with van der Waals surface area (Å²) in [6.45, 7) is 12.5. The van der Waals surface area contributed by atoms with Gasteiger partial charge in [-0.3, -0.25) is 14.4 Å². The van der Waals surface area contributed by atoms with Crippen LogP contribution in [0.4, 0.5) is 0 Å². The lowest BCUT2D eigenvalue weighted by molar-refractivity contribution is -0.140. The fraction of sp³-hybridized carbons (Fsp3) is 0.656. The SMILES string of the molecule is CC1C=CC(C(C)C2CCC(C(=O)C3C=C4C(=CC3C)C(C)CC4C(=O)C(=O)C(C)C)CC2)=CC1. The molecule has 2 fully saturated rings. The summed E-state index contributed by atoms with van der Waals surface area (Å²) in [7, 11) is 0. The van der Waals surface area contributed by atoms with E-state index in [1.54, 1.807) is 13.8 Å². The first-order valence-corrected chi connectivity index (χ1v) is 14.0. The Bertz CT molecular complexity index is 982. The smallest absolute Gasteiger partial charge is 0.206 e. The van der Waals surface area contributed by atoms with Crippen LogP contribution in [0.25, 0.3) is 0 Å². The lowest BCUT2D eigenvalue weighted by Crippen LogP contribution is -2.33. The number of hydrogen-bond donors (Lipinski definition) is 0. The van der Waals surface area contributed by atoms with E-state index in [1.165, 1.54) is 11.1 Å². The zero-order valence-corrected chi connectivity index (χ0v) is 22.6. The number of Topliss-reactive ketones (excluding diaryl/α,β-unsaturated/α-hetero) is 3. The Labute approximate surface area is 212 Å². The Morgan fingerprint density at radius 3 is 2.20 bits per heavy atom. The van der Waals surface area contributed by atoms with Crippen LogP contribution in [0.2, 0.25) is 0 Å². The molecule has 0 aromatic carbocycles. The Kier molecular flexibility index (Phi) is 7.83. The molecule has 2 saturated carbocycles. The zero-order valence-electron chi connectivity index (χ0n) is 22.6. The first-order valence-electron chi connectivity index (χ1n) is 14.0. The topological polar surface area (TPSA) is 51.2 Å². The Morgan fingerprint density at radius 2 is 1.60 bits per heavy atom. The number of carbonyl (C=O) groups is 3. The molecule has 0 amide bonds. The summed E-state index contributed by atoms with van der Waals surface area (Å²) in [4.78, 5) is 39.2. The first kappa shape index (κ1) is 26.0. The maximum atomic E-state index is 13.7. The molecule has 6 atom stereocenters. The highest BCUT2D eigenvalue weighted by atomic mass is 16.2. The molecule has 35 heavy (non-hydrogen) atoms. The number of rotatable bonds is 7. The van der Waals surface area contributed by atoms with E-state index >= 15 is 0 Å². The van der Waals surface area contributed by atoms with Gasteiger partial charge in [-0.25, -0.2) is 0 Å². The summed E-state index contributed by atoms with van der Waals surface area (Å²) in [5, 5.41) is 0. The van der Waals surface area contributed by atoms with Gasteiger partial charge in [-0.2, -0.15) is 0 Å². The summed E-state index contributed by atoms with van der Waals surface area (Å²) in [6.07, 6.45) is 17.4. The van der Waals surface area contributed by atoms with Crippen molar-refractivity contribution in [1.82, 2.24) is 0 Å². The average molecular weight is 477 g/mol. The van der Waals surface area contributed by atoms with Gasteiger partial charge in [0.25, 0.3) is 0 Å². The minimum Gasteiger partial charge on any atom is -0.299 e. The molecule has 4 aliphatic carbocycles. The molecule has 0 aliphatic heterocycles. The maximum absolute atomic E-state index is 13.7. The van der Waals surface area contributed by atoms with Crippen LogP contribution in [-0.4, -0.2) is 17.3 Å². The van der Waals surface area contributed by atoms with Crippen LogP contribution in [0.3, 0.4) is 0 Å². The van der Waals surface area contributed by atoms with Gasteiger partial charge < -0.3 is 0 Å². The van der Waals surface area contributed by atoms with Crippen molar-refractivity contribution in [2.24, 2.45) is 53.3 Å². The second-order valence-electron chi connectivity index (χ2n) is 12.3. The molecule has 0 spiro atoms. The molecule has 0 aromatic rings. The van der Waals surface area contributed by atoms with E-state index in [1.807, 2.05) is 0 Å². The van der Waals surface area contributed by atoms with Gasteiger partial charge in [-0.1, -0.05) is 71.9 Å². The molecule has 0 aromatic heterocycles. The quantitative estimate of drug-likeness (QED) is 0.369. The minimum atomic E-state index is -0.370. The third kappa shape index (κ3) is 5.25. The molecular weight excluding hydrogens is 432 g/mol. The van der Waals surface area contributed by atoms with Crippen LogP contribution in [0.15, 0.2) is 47.1 Å². The normalized spacial score (nSPS) is 35.6. The van der Waals surface area contributed by atoms with Crippen LogP contribution < -0.4 is 0 Å². The maximum Gasteiger partial charge on any atom is 0.206 e. The molecule has 4 aliphatic rings. The fourth-order valence-corrected chi connectivity index (χ4v) is 6.87. The molecule has 3 nitrogen and oxygen atoms in total. The highest BCUT2D eigenvalue weighted by Crippen LogP contribution is 2.47. The highest BCUT2D eigenvalue weighted by Gasteiger charge is 2.43. The van der Waals surface area contributed by atoms with Crippen molar-refractivity contribution in [2.45, 2.75) is 80.1 Å². The van der Waals surface area contributed by atoms with Gasteiger partial charge in [0, 0.05) is 17.8 Å². The molecule has 0 heterocycles. The highest BCUT2D eigenvalue weighted by molar-refractivity contribution is 6.39. The monoisotopic (exact) mass is 476 g/mol. The van der Waals surface area contributed by atoms with Crippen molar-refractivity contribution >= 4 is 17.3 Å². The van der Waals surface area contributed by atoms with Crippen LogP contribution >= 0.6 is 0 Å². The number of fused-ring (bicyclic) bond motifs is 1. The van der Waals surface area contributed by atoms with Crippen molar-refractivity contribution < 1.29 is 14.4 Å². The lowest BCUT2D eigenvalue weighted by atomic mass is 9.68. The largest absolute Gasteiger partial charge is 0.299 e. The number of hydrogen-bond acceptors (Lipinski definition) is 3. The predicted molar refractivity (Wildman–Crippen MR) is 142 cm³/mol. The molecule has 190 valence electrons. The Balaban J connectivity index is 1.43. The molecule has 0 bridgehead atoms. The van der Waals surface area contributed by atoms with E-state index in [0.29, 0.717) is 30.0 Å². The third-order valence-electron chi connectivity index (χ3n) is 9.36. The molecule has 3 heteroatoms. The van der Waals surface area contributed by atoms with E-state index in [0.717, 1.165) is 37.7 Å². The van der Waals surface area contributed by atoms with Crippen molar-refractivity contribution in [2.75, 3.05) is 0 Å². The van der Waals surface area contributed by atoms with Crippen molar-refractivity contribution in [3.8, 4) is 0 Å². The van der Waals surface area contributed by atoms with E-state index in [2.05, 4.69) is 58.1 Å². The van der Waals surface area contributed by atoms with Gasteiger partial charge in [0.1, 0.15) is 5.78 Å². The van der Waals surface area contributed by atoms with Gasteiger partial charge in [0.05, 0.1) is 5.92 Å². The molecule has 0 radical (unpaired) electrons. The molecule has 6 unspecified atom stereocenters. The summed E-state index contributed by atoms with van der Waals surface area (Å²) in [5.74, 6) is 1.33. The number of carbonyl (C=O) groups excluding carboxylic acids is 3. The lowest BCUT2D eigenvalue weighted by Gasteiger charge is -2.35. The second-order valence-corrected chi connectivity index (χ2v) is 12.3. The average Bonchev–Trinajstić information content (AvgIpc) is 3.17. The Morgan fingerprint density at radius 1 is 0.914 bits per heavy atom. The van der Waals surface area contributed by atoms with Crippen molar-refractivity contribution in [3.05, 3.63) is 47.1 Å². The van der Waals surface area contributed by atoms with Crippen LogP contribution in [0, 0.1) is 53.3 Å².